The van der Waals surface area contributed by atoms with Gasteiger partial charge in [-0.25, -0.2) is 4.98 Å². The highest BCUT2D eigenvalue weighted by Crippen LogP contribution is 2.58. The Morgan fingerprint density at radius 1 is 0.424 bits per heavy atom. The fourth-order valence-electron chi connectivity index (χ4n) is 9.84. The molecule has 3 heteroatoms. The van der Waals surface area contributed by atoms with Crippen molar-refractivity contribution < 1.29 is 0 Å². The quantitative estimate of drug-likeness (QED) is 0.162. The van der Waals surface area contributed by atoms with Crippen LogP contribution in [0.15, 0.2) is 218 Å². The number of para-hydroxylation sites is 3. The number of anilines is 3. The van der Waals surface area contributed by atoms with Crippen LogP contribution in [0.1, 0.15) is 22.3 Å². The maximum Gasteiger partial charge on any atom is 0.0788 e. The van der Waals surface area contributed by atoms with Crippen LogP contribution in [0.3, 0.4) is 0 Å². The van der Waals surface area contributed by atoms with E-state index in [0.717, 1.165) is 22.5 Å². The lowest BCUT2D eigenvalue weighted by atomic mass is 9.62. The van der Waals surface area contributed by atoms with Gasteiger partial charge in [0.1, 0.15) is 0 Å². The van der Waals surface area contributed by atoms with Crippen molar-refractivity contribution in [3.8, 4) is 22.4 Å². The summed E-state index contributed by atoms with van der Waals surface area (Å²) in [6, 6.07) is 79.7. The van der Waals surface area contributed by atoms with Crippen LogP contribution in [-0.4, -0.2) is 4.98 Å². The molecule has 1 aliphatic heterocycles. The van der Waals surface area contributed by atoms with Gasteiger partial charge in [-0.05, 0) is 70.3 Å². The smallest absolute Gasteiger partial charge is 0.0788 e. The van der Waals surface area contributed by atoms with Crippen LogP contribution >= 0.6 is 11.3 Å². The number of pyridine rings is 1. The Morgan fingerprint density at radius 3 is 1.63 bits per heavy atom. The van der Waals surface area contributed by atoms with Gasteiger partial charge in [0.2, 0.25) is 0 Å². The highest BCUT2D eigenvalue weighted by atomic mass is 32.1. The van der Waals surface area contributed by atoms with E-state index in [-0.39, 0.29) is 0 Å². The van der Waals surface area contributed by atoms with Crippen molar-refractivity contribution in [2.45, 2.75) is 5.41 Å². The molecule has 0 spiro atoms. The van der Waals surface area contributed by atoms with Crippen molar-refractivity contribution in [3.05, 3.63) is 241 Å². The molecule has 2 nitrogen and oxygen atoms in total. The first kappa shape index (κ1) is 33.8. The van der Waals surface area contributed by atoms with Gasteiger partial charge in [-0.2, -0.15) is 0 Å². The average Bonchev–Trinajstić information content (AvgIpc) is 3.71. The molecule has 0 amide bonds. The van der Waals surface area contributed by atoms with E-state index in [0.29, 0.717) is 0 Å². The number of nitrogens with zero attached hydrogens (tertiary/aromatic N) is 2. The molecule has 0 fully saturated rings. The molecule has 2 aromatic heterocycles. The summed E-state index contributed by atoms with van der Waals surface area (Å²) in [5.41, 5.74) is 13.5. The molecule has 11 aromatic rings. The average molecular weight is 769 g/mol. The van der Waals surface area contributed by atoms with Crippen LogP contribution in [0.2, 0.25) is 0 Å². The molecule has 0 bridgehead atoms. The van der Waals surface area contributed by atoms with E-state index in [1.807, 2.05) is 11.3 Å². The number of hydrogen-bond acceptors (Lipinski definition) is 3. The van der Waals surface area contributed by atoms with Crippen molar-refractivity contribution in [2.75, 3.05) is 4.90 Å². The van der Waals surface area contributed by atoms with Crippen LogP contribution in [0.4, 0.5) is 17.1 Å². The van der Waals surface area contributed by atoms with Crippen molar-refractivity contribution in [1.82, 2.24) is 4.98 Å². The van der Waals surface area contributed by atoms with Crippen LogP contribution in [0.5, 0.6) is 0 Å². The first-order valence-electron chi connectivity index (χ1n) is 20.2. The Bertz CT molecular complexity index is 3280. The highest BCUT2D eigenvalue weighted by molar-refractivity contribution is 7.26. The zero-order chi connectivity index (χ0) is 38.9. The monoisotopic (exact) mass is 768 g/mol. The fourth-order valence-corrected chi connectivity index (χ4v) is 11.1. The molecular weight excluding hydrogens is 733 g/mol. The third-order valence-corrected chi connectivity index (χ3v) is 13.5. The molecule has 3 heterocycles. The Kier molecular flexibility index (Phi) is 7.66. The molecule has 0 aliphatic carbocycles. The summed E-state index contributed by atoms with van der Waals surface area (Å²) in [5.74, 6) is 0. The van der Waals surface area contributed by atoms with Gasteiger partial charge in [-0.15, -0.1) is 11.3 Å². The molecule has 0 saturated carbocycles. The maximum atomic E-state index is 5.35. The molecule has 12 rings (SSSR count). The summed E-state index contributed by atoms with van der Waals surface area (Å²) in [6.45, 7) is 0. The highest BCUT2D eigenvalue weighted by Gasteiger charge is 2.46. The summed E-state index contributed by atoms with van der Waals surface area (Å²) in [5, 5.41) is 6.21. The maximum absolute atomic E-state index is 5.35. The lowest BCUT2D eigenvalue weighted by molar-refractivity contribution is 0.731. The minimum Gasteiger partial charge on any atom is -0.310 e. The summed E-state index contributed by atoms with van der Waals surface area (Å²) >= 11 is 1.89. The standard InChI is InChI=1S/C56H36N2S/c1-4-18-38(19-5-1)54-45-36-44(55-53(43-25-11-17-31-51(43)59-55)52(45)42-24-10-14-28-48(42)57-54)37-32-34-41(35-33-37)58-49-29-15-12-26-46(49)56(39-20-6-2-7-21-39,40-22-8-3-9-23-40)47-27-13-16-30-50(47)58/h1-36H. The second-order valence-electron chi connectivity index (χ2n) is 15.4. The molecule has 276 valence electrons. The Morgan fingerprint density at radius 2 is 0.966 bits per heavy atom. The topological polar surface area (TPSA) is 16.1 Å². The molecule has 9 aromatic carbocycles. The number of rotatable bonds is 5. The predicted molar refractivity (Wildman–Crippen MR) is 250 cm³/mol. The Labute approximate surface area is 346 Å². The van der Waals surface area contributed by atoms with Crippen molar-refractivity contribution in [2.24, 2.45) is 0 Å². The summed E-state index contributed by atoms with van der Waals surface area (Å²) < 4.78 is 2.59. The largest absolute Gasteiger partial charge is 0.310 e. The molecule has 59 heavy (non-hydrogen) atoms. The van der Waals surface area contributed by atoms with Gasteiger partial charge >= 0.3 is 0 Å². The van der Waals surface area contributed by atoms with E-state index in [1.54, 1.807) is 0 Å². The van der Waals surface area contributed by atoms with Gasteiger partial charge in [0.25, 0.3) is 0 Å². The van der Waals surface area contributed by atoms with E-state index in [2.05, 4.69) is 223 Å². The number of benzene rings is 9. The second-order valence-corrected chi connectivity index (χ2v) is 16.4. The normalized spacial score (nSPS) is 13.2. The van der Waals surface area contributed by atoms with Crippen LogP contribution in [-0.2, 0) is 5.41 Å². The van der Waals surface area contributed by atoms with Crippen LogP contribution in [0.25, 0.3) is 64.2 Å². The second kappa shape index (κ2) is 13.4. The van der Waals surface area contributed by atoms with E-state index in [4.69, 9.17) is 4.98 Å². The van der Waals surface area contributed by atoms with Crippen LogP contribution < -0.4 is 4.90 Å². The third-order valence-electron chi connectivity index (χ3n) is 12.3. The number of hydrogen-bond donors (Lipinski definition) is 0. The van der Waals surface area contributed by atoms with E-state index >= 15 is 0 Å². The van der Waals surface area contributed by atoms with Gasteiger partial charge in [0.15, 0.2) is 0 Å². The zero-order valence-corrected chi connectivity index (χ0v) is 32.9. The van der Waals surface area contributed by atoms with Gasteiger partial charge in [0.05, 0.1) is 28.0 Å². The molecule has 0 N–H and O–H groups in total. The molecule has 0 unspecified atom stereocenters. The predicted octanol–water partition coefficient (Wildman–Crippen LogP) is 15.3. The Balaban J connectivity index is 1.09. The molecule has 0 atom stereocenters. The number of aromatic nitrogens is 1. The molecular formula is C56H36N2S. The first-order chi connectivity index (χ1) is 29.3. The first-order valence-corrected chi connectivity index (χ1v) is 21.0. The van der Waals surface area contributed by atoms with E-state index in [9.17, 15) is 0 Å². The van der Waals surface area contributed by atoms with Gasteiger partial charge in [-0.3, -0.25) is 0 Å². The Hall–Kier alpha value is -7.33. The third kappa shape index (κ3) is 5.02. The molecule has 0 radical (unpaired) electrons. The molecule has 0 saturated heterocycles. The number of fused-ring (bicyclic) bond motifs is 9. The number of thiophene rings is 1. The molecule has 1 aliphatic rings. The van der Waals surface area contributed by atoms with E-state index in [1.165, 1.54) is 81.1 Å². The summed E-state index contributed by atoms with van der Waals surface area (Å²) in [7, 11) is 0. The van der Waals surface area contributed by atoms with Gasteiger partial charge < -0.3 is 4.90 Å². The minimum absolute atomic E-state index is 0.501. The van der Waals surface area contributed by atoms with Crippen molar-refractivity contribution >= 4 is 70.2 Å². The van der Waals surface area contributed by atoms with Crippen LogP contribution in [0, 0.1) is 0 Å². The van der Waals surface area contributed by atoms with Crippen molar-refractivity contribution in [1.29, 1.82) is 0 Å². The lowest BCUT2D eigenvalue weighted by Crippen LogP contribution is -2.37. The minimum atomic E-state index is -0.501. The summed E-state index contributed by atoms with van der Waals surface area (Å²) in [4.78, 5) is 7.81. The van der Waals surface area contributed by atoms with E-state index < -0.39 is 5.41 Å². The summed E-state index contributed by atoms with van der Waals surface area (Å²) in [6.07, 6.45) is 0. The van der Waals surface area contributed by atoms with Gasteiger partial charge in [-0.1, -0.05) is 176 Å². The van der Waals surface area contributed by atoms with Crippen molar-refractivity contribution in [3.63, 3.8) is 0 Å². The van der Waals surface area contributed by atoms with Gasteiger partial charge in [0, 0.05) is 53.1 Å². The lowest BCUT2D eigenvalue weighted by Gasteiger charge is -2.46. The zero-order valence-electron chi connectivity index (χ0n) is 32.1. The fraction of sp³-hybridized carbons (Fsp3) is 0.0179. The SMILES string of the molecule is c1ccc(-c2nc3ccccc3c3c2cc(-c2ccc(N4c5ccccc5C(c5ccccc5)(c5ccccc5)c5ccccc54)cc2)c2sc4ccccc4c23)cc1.